The van der Waals surface area contributed by atoms with E-state index in [1.807, 2.05) is 0 Å². The van der Waals surface area contributed by atoms with Crippen LogP contribution in [0, 0.1) is 0 Å². The molecule has 0 spiro atoms. The van der Waals surface area contributed by atoms with E-state index in [0.29, 0.717) is 6.04 Å². The van der Waals surface area contributed by atoms with Crippen molar-refractivity contribution in [1.29, 1.82) is 0 Å². The van der Waals surface area contributed by atoms with Gasteiger partial charge in [-0.1, -0.05) is 6.42 Å². The third kappa shape index (κ3) is 3.00. The van der Waals surface area contributed by atoms with Crippen LogP contribution in [0.4, 0.5) is 0 Å². The van der Waals surface area contributed by atoms with Crippen molar-refractivity contribution in [3.8, 4) is 0 Å². The van der Waals surface area contributed by atoms with Gasteiger partial charge >= 0.3 is 0 Å². The number of rotatable bonds is 3. The zero-order chi connectivity index (χ0) is 13.1. The van der Waals surface area contributed by atoms with Crippen molar-refractivity contribution in [2.24, 2.45) is 0 Å². The van der Waals surface area contributed by atoms with E-state index in [0.717, 1.165) is 13.1 Å². The summed E-state index contributed by atoms with van der Waals surface area (Å²) in [6.07, 6.45) is 9.04. The van der Waals surface area contributed by atoms with Crippen LogP contribution in [0.3, 0.4) is 0 Å². The van der Waals surface area contributed by atoms with E-state index < -0.39 is 0 Å². The largest absolute Gasteiger partial charge is 0.315 e. The number of likely N-dealkylation sites (N-methyl/N-ethyl adjacent to an activating group) is 1. The number of nitrogens with one attached hydrogen (secondary N) is 2. The van der Waals surface area contributed by atoms with Gasteiger partial charge in [-0.3, -0.25) is 10.00 Å². The van der Waals surface area contributed by atoms with Crippen LogP contribution < -0.4 is 5.32 Å². The molecule has 2 aliphatic rings. The summed E-state index contributed by atoms with van der Waals surface area (Å²) in [5.41, 5.74) is 4.22. The predicted octanol–water partition coefficient (Wildman–Crippen LogP) is 1.86. The van der Waals surface area contributed by atoms with Gasteiger partial charge in [-0.2, -0.15) is 5.10 Å². The maximum absolute atomic E-state index is 4.59. The Morgan fingerprint density at radius 1 is 1.21 bits per heavy atom. The molecular weight excluding hydrogens is 236 g/mol. The van der Waals surface area contributed by atoms with E-state index in [-0.39, 0.29) is 0 Å². The highest BCUT2D eigenvalue weighted by atomic mass is 15.2. The highest BCUT2D eigenvalue weighted by molar-refractivity contribution is 5.26. The monoisotopic (exact) mass is 262 g/mol. The lowest BCUT2D eigenvalue weighted by molar-refractivity contribution is 0.193. The summed E-state index contributed by atoms with van der Waals surface area (Å²) in [6, 6.07) is 0.673. The fraction of sp³-hybridized carbons (Fsp3) is 0.800. The molecular formula is C15H26N4. The minimum atomic E-state index is 0.673. The Bertz CT molecular complexity index is 406. The lowest BCUT2D eigenvalue weighted by atomic mass is 10.0. The number of hydrogen-bond acceptors (Lipinski definition) is 3. The Hall–Kier alpha value is -0.870. The zero-order valence-corrected chi connectivity index (χ0v) is 12.0. The standard InChI is InChI=1S/C15H26N4/c1-19(12-6-5-9-16-10-12)11-15-13-7-3-2-4-8-14(13)17-18-15/h12,16H,2-11H2,1H3,(H,17,18)/t12-/m1/s1. The van der Waals surface area contributed by atoms with Gasteiger partial charge < -0.3 is 5.32 Å². The molecule has 1 aromatic heterocycles. The van der Waals surface area contributed by atoms with E-state index in [9.17, 15) is 0 Å². The maximum Gasteiger partial charge on any atom is 0.0797 e. The van der Waals surface area contributed by atoms with E-state index in [1.165, 1.54) is 68.4 Å². The number of aryl methyl sites for hydroxylation is 1. The molecule has 0 saturated carbocycles. The quantitative estimate of drug-likeness (QED) is 0.817. The highest BCUT2D eigenvalue weighted by Gasteiger charge is 2.21. The van der Waals surface area contributed by atoms with Crippen LogP contribution >= 0.6 is 0 Å². The van der Waals surface area contributed by atoms with Crippen molar-refractivity contribution in [3.05, 3.63) is 17.0 Å². The van der Waals surface area contributed by atoms with Gasteiger partial charge in [0, 0.05) is 24.8 Å². The average molecular weight is 262 g/mol. The van der Waals surface area contributed by atoms with Crippen molar-refractivity contribution in [2.45, 2.75) is 57.5 Å². The first-order valence-corrected chi connectivity index (χ1v) is 7.80. The molecule has 0 aromatic carbocycles. The number of hydrogen-bond donors (Lipinski definition) is 2. The lowest BCUT2D eigenvalue weighted by Crippen LogP contribution is -2.43. The molecule has 0 unspecified atom stereocenters. The van der Waals surface area contributed by atoms with Gasteiger partial charge in [-0.05, 0) is 57.7 Å². The number of H-pyrrole nitrogens is 1. The molecule has 1 fully saturated rings. The van der Waals surface area contributed by atoms with Crippen molar-refractivity contribution in [1.82, 2.24) is 20.4 Å². The number of piperidine rings is 1. The minimum absolute atomic E-state index is 0.673. The van der Waals surface area contributed by atoms with E-state index in [2.05, 4.69) is 27.5 Å². The fourth-order valence-electron chi connectivity index (χ4n) is 3.43. The number of aromatic amines is 1. The smallest absolute Gasteiger partial charge is 0.0797 e. The van der Waals surface area contributed by atoms with Crippen LogP contribution in [0.25, 0.3) is 0 Å². The number of nitrogens with zero attached hydrogens (tertiary/aromatic N) is 2. The molecule has 0 amide bonds. The molecule has 0 bridgehead atoms. The summed E-state index contributed by atoms with van der Waals surface area (Å²) in [5, 5.41) is 11.4. The van der Waals surface area contributed by atoms with Gasteiger partial charge in [0.25, 0.3) is 0 Å². The molecule has 1 aliphatic heterocycles. The third-order valence-electron chi connectivity index (χ3n) is 4.69. The lowest BCUT2D eigenvalue weighted by Gasteiger charge is -2.31. The van der Waals surface area contributed by atoms with Gasteiger partial charge in [0.05, 0.1) is 5.69 Å². The summed E-state index contributed by atoms with van der Waals surface area (Å²) in [5.74, 6) is 0. The SMILES string of the molecule is CN(Cc1n[nH]c2c1CCCCC2)[C@@H]1CCCNC1. The topological polar surface area (TPSA) is 44.0 Å². The van der Waals surface area contributed by atoms with Gasteiger partial charge in [-0.15, -0.1) is 0 Å². The summed E-state index contributed by atoms with van der Waals surface area (Å²) >= 11 is 0. The van der Waals surface area contributed by atoms with Crippen LogP contribution in [0.5, 0.6) is 0 Å². The van der Waals surface area contributed by atoms with Crippen LogP contribution in [-0.4, -0.2) is 41.3 Å². The van der Waals surface area contributed by atoms with E-state index >= 15 is 0 Å². The summed E-state index contributed by atoms with van der Waals surface area (Å²) < 4.78 is 0. The van der Waals surface area contributed by atoms with Gasteiger partial charge in [0.1, 0.15) is 0 Å². The molecule has 4 heteroatoms. The Kier molecular flexibility index (Phi) is 4.18. The molecule has 2 N–H and O–H groups in total. The highest BCUT2D eigenvalue weighted by Crippen LogP contribution is 2.23. The molecule has 106 valence electrons. The first kappa shape index (κ1) is 13.1. The molecule has 3 rings (SSSR count). The second kappa shape index (κ2) is 6.06. The molecule has 0 radical (unpaired) electrons. The molecule has 1 aromatic rings. The van der Waals surface area contributed by atoms with Gasteiger partial charge in [-0.25, -0.2) is 0 Å². The molecule has 4 nitrogen and oxygen atoms in total. The molecule has 1 aliphatic carbocycles. The number of fused-ring (bicyclic) bond motifs is 1. The van der Waals surface area contributed by atoms with Crippen LogP contribution in [-0.2, 0) is 19.4 Å². The van der Waals surface area contributed by atoms with E-state index in [4.69, 9.17) is 0 Å². The second-order valence-corrected chi connectivity index (χ2v) is 6.10. The van der Waals surface area contributed by atoms with E-state index in [1.54, 1.807) is 0 Å². The zero-order valence-electron chi connectivity index (χ0n) is 12.0. The number of aromatic nitrogens is 2. The van der Waals surface area contributed by atoms with Crippen LogP contribution in [0.2, 0.25) is 0 Å². The minimum Gasteiger partial charge on any atom is -0.315 e. The normalized spacial score (nSPS) is 24.2. The van der Waals surface area contributed by atoms with Crippen molar-refractivity contribution >= 4 is 0 Å². The molecule has 2 heterocycles. The van der Waals surface area contributed by atoms with Crippen molar-refractivity contribution in [3.63, 3.8) is 0 Å². The fourth-order valence-corrected chi connectivity index (χ4v) is 3.43. The first-order chi connectivity index (χ1) is 9.34. The molecule has 1 atom stereocenters. The Labute approximate surface area is 116 Å². The summed E-state index contributed by atoms with van der Waals surface area (Å²) in [7, 11) is 2.25. The maximum atomic E-state index is 4.59. The molecule has 1 saturated heterocycles. The van der Waals surface area contributed by atoms with Gasteiger partial charge in [0.2, 0.25) is 0 Å². The van der Waals surface area contributed by atoms with Crippen molar-refractivity contribution in [2.75, 3.05) is 20.1 Å². The average Bonchev–Trinajstić information content (AvgIpc) is 2.68. The second-order valence-electron chi connectivity index (χ2n) is 6.10. The summed E-state index contributed by atoms with van der Waals surface area (Å²) in [4.78, 5) is 2.48. The van der Waals surface area contributed by atoms with Crippen LogP contribution in [0.15, 0.2) is 0 Å². The Balaban J connectivity index is 1.67. The Morgan fingerprint density at radius 3 is 2.95 bits per heavy atom. The first-order valence-electron chi connectivity index (χ1n) is 7.80. The third-order valence-corrected chi connectivity index (χ3v) is 4.69. The van der Waals surface area contributed by atoms with Crippen molar-refractivity contribution < 1.29 is 0 Å². The van der Waals surface area contributed by atoms with Gasteiger partial charge in [0.15, 0.2) is 0 Å². The summed E-state index contributed by atoms with van der Waals surface area (Å²) in [6.45, 7) is 3.31. The Morgan fingerprint density at radius 2 is 2.11 bits per heavy atom. The predicted molar refractivity (Wildman–Crippen MR) is 77.2 cm³/mol. The molecule has 19 heavy (non-hydrogen) atoms. The van der Waals surface area contributed by atoms with Crippen LogP contribution in [0.1, 0.15) is 49.1 Å².